The molecule has 0 atom stereocenters. The number of hydrogen-bond donors (Lipinski definition) is 1. The van der Waals surface area contributed by atoms with E-state index in [-0.39, 0.29) is 0 Å². The van der Waals surface area contributed by atoms with Gasteiger partial charge in [0.05, 0.1) is 5.41 Å². The van der Waals surface area contributed by atoms with Gasteiger partial charge in [0.15, 0.2) is 0 Å². The van der Waals surface area contributed by atoms with Crippen LogP contribution >= 0.6 is 0 Å². The lowest BCUT2D eigenvalue weighted by molar-refractivity contribution is -0.146. The minimum Gasteiger partial charge on any atom is -0.481 e. The highest BCUT2D eigenvalue weighted by Crippen LogP contribution is 2.36. The molecule has 1 fully saturated rings. The van der Waals surface area contributed by atoms with Crippen LogP contribution in [-0.2, 0) is 10.2 Å². The van der Waals surface area contributed by atoms with Gasteiger partial charge in [-0.3, -0.25) is 4.79 Å². The molecule has 2 rings (SSSR count). The summed E-state index contributed by atoms with van der Waals surface area (Å²) in [6, 6.07) is 7.99. The predicted molar refractivity (Wildman–Crippen MR) is 76.5 cm³/mol. The van der Waals surface area contributed by atoms with Crippen LogP contribution in [0.4, 0.5) is 0 Å². The molecule has 19 heavy (non-hydrogen) atoms. The van der Waals surface area contributed by atoms with Crippen molar-refractivity contribution in [1.82, 2.24) is 4.90 Å². The number of carbonyl (C=O) groups is 1. The maximum absolute atomic E-state index is 11.8. The molecule has 0 unspecified atom stereocenters. The minimum absolute atomic E-state index is 0.672. The molecule has 0 amide bonds. The van der Waals surface area contributed by atoms with Crippen LogP contribution in [-0.4, -0.2) is 35.6 Å². The van der Waals surface area contributed by atoms with Crippen LogP contribution in [0.1, 0.15) is 37.3 Å². The minimum atomic E-state index is -0.684. The summed E-state index contributed by atoms with van der Waals surface area (Å²) in [6.07, 6.45) is 2.56. The fourth-order valence-corrected chi connectivity index (χ4v) is 3.04. The lowest BCUT2D eigenvalue weighted by Crippen LogP contribution is -2.47. The van der Waals surface area contributed by atoms with Crippen molar-refractivity contribution in [3.05, 3.63) is 35.4 Å². The van der Waals surface area contributed by atoms with E-state index in [2.05, 4.69) is 11.8 Å². The molecular formula is C16H23NO2. The largest absolute Gasteiger partial charge is 0.481 e. The molecule has 1 aliphatic rings. The molecule has 104 valence electrons. The van der Waals surface area contributed by atoms with Crippen LogP contribution in [0.3, 0.4) is 0 Å². The van der Waals surface area contributed by atoms with Gasteiger partial charge in [-0.05, 0) is 51.4 Å². The molecule has 0 spiro atoms. The quantitative estimate of drug-likeness (QED) is 0.906. The number of piperidine rings is 1. The van der Waals surface area contributed by atoms with Crippen LogP contribution in [0, 0.1) is 6.92 Å². The van der Waals surface area contributed by atoms with Crippen molar-refractivity contribution in [1.29, 1.82) is 0 Å². The standard InChI is InChI=1S/C16H23NO2/c1-3-9-17-10-7-16(8-11-17,15(18)19)14-6-4-5-13(2)12-14/h4-6,12H,3,7-11H2,1-2H3,(H,18,19). The molecule has 1 aliphatic heterocycles. The highest BCUT2D eigenvalue weighted by molar-refractivity contribution is 5.81. The van der Waals surface area contributed by atoms with E-state index >= 15 is 0 Å². The summed E-state index contributed by atoms with van der Waals surface area (Å²) in [6.45, 7) is 7.02. The van der Waals surface area contributed by atoms with Crippen molar-refractivity contribution in [2.24, 2.45) is 0 Å². The van der Waals surface area contributed by atoms with Gasteiger partial charge < -0.3 is 10.0 Å². The van der Waals surface area contributed by atoms with Crippen molar-refractivity contribution in [3.63, 3.8) is 0 Å². The van der Waals surface area contributed by atoms with Crippen molar-refractivity contribution >= 4 is 5.97 Å². The van der Waals surface area contributed by atoms with Crippen molar-refractivity contribution in [3.8, 4) is 0 Å². The van der Waals surface area contributed by atoms with Gasteiger partial charge in [0.25, 0.3) is 0 Å². The Morgan fingerprint density at radius 1 is 1.37 bits per heavy atom. The van der Waals surface area contributed by atoms with E-state index < -0.39 is 11.4 Å². The van der Waals surface area contributed by atoms with Crippen LogP contribution in [0.5, 0.6) is 0 Å². The average Bonchev–Trinajstić information content (AvgIpc) is 2.40. The number of aliphatic carboxylic acids is 1. The smallest absolute Gasteiger partial charge is 0.314 e. The summed E-state index contributed by atoms with van der Waals surface area (Å²) in [4.78, 5) is 14.2. The topological polar surface area (TPSA) is 40.5 Å². The number of carboxylic acids is 1. The van der Waals surface area contributed by atoms with Gasteiger partial charge in [0.1, 0.15) is 0 Å². The molecule has 1 saturated heterocycles. The molecule has 0 aromatic heterocycles. The molecule has 1 aromatic carbocycles. The van der Waals surface area contributed by atoms with E-state index in [4.69, 9.17) is 0 Å². The molecule has 0 bridgehead atoms. The summed E-state index contributed by atoms with van der Waals surface area (Å²) < 4.78 is 0. The number of carboxylic acid groups (broad SMARTS) is 1. The fourth-order valence-electron chi connectivity index (χ4n) is 3.04. The highest BCUT2D eigenvalue weighted by Gasteiger charge is 2.42. The maximum atomic E-state index is 11.8. The van der Waals surface area contributed by atoms with Crippen molar-refractivity contribution in [2.75, 3.05) is 19.6 Å². The Labute approximate surface area is 115 Å². The highest BCUT2D eigenvalue weighted by atomic mass is 16.4. The summed E-state index contributed by atoms with van der Waals surface area (Å²) in [7, 11) is 0. The van der Waals surface area contributed by atoms with Crippen LogP contribution in [0.2, 0.25) is 0 Å². The predicted octanol–water partition coefficient (Wildman–Crippen LogP) is 2.82. The SMILES string of the molecule is CCCN1CCC(C(=O)O)(c2cccc(C)c2)CC1. The first-order valence-electron chi connectivity index (χ1n) is 7.11. The van der Waals surface area contributed by atoms with Crippen LogP contribution in [0.15, 0.2) is 24.3 Å². The zero-order chi connectivity index (χ0) is 13.9. The van der Waals surface area contributed by atoms with Gasteiger partial charge in [0.2, 0.25) is 0 Å². The number of rotatable bonds is 4. The third kappa shape index (κ3) is 2.81. The second-order valence-electron chi connectivity index (χ2n) is 5.60. The van der Waals surface area contributed by atoms with Crippen molar-refractivity contribution in [2.45, 2.75) is 38.5 Å². The molecule has 0 aliphatic carbocycles. The lowest BCUT2D eigenvalue weighted by atomic mass is 9.72. The lowest BCUT2D eigenvalue weighted by Gasteiger charge is -2.39. The molecule has 1 heterocycles. The van der Waals surface area contributed by atoms with E-state index in [0.29, 0.717) is 12.8 Å². The van der Waals surface area contributed by atoms with E-state index in [1.807, 2.05) is 31.2 Å². The number of benzene rings is 1. The first-order chi connectivity index (χ1) is 9.08. The van der Waals surface area contributed by atoms with Crippen molar-refractivity contribution < 1.29 is 9.90 Å². The zero-order valence-corrected chi connectivity index (χ0v) is 11.9. The molecular weight excluding hydrogens is 238 g/mol. The average molecular weight is 261 g/mol. The van der Waals surface area contributed by atoms with Gasteiger partial charge in [-0.2, -0.15) is 0 Å². The second-order valence-corrected chi connectivity index (χ2v) is 5.60. The second kappa shape index (κ2) is 5.74. The zero-order valence-electron chi connectivity index (χ0n) is 11.9. The Balaban J connectivity index is 2.24. The van der Waals surface area contributed by atoms with Crippen LogP contribution < -0.4 is 0 Å². The summed E-state index contributed by atoms with van der Waals surface area (Å²) in [5, 5.41) is 9.73. The Morgan fingerprint density at radius 2 is 2.05 bits per heavy atom. The Hall–Kier alpha value is -1.35. The monoisotopic (exact) mass is 261 g/mol. The first kappa shape index (κ1) is 14.1. The Kier molecular flexibility index (Phi) is 4.25. The maximum Gasteiger partial charge on any atom is 0.314 e. The molecule has 3 nitrogen and oxygen atoms in total. The number of likely N-dealkylation sites (tertiary alicyclic amines) is 1. The molecule has 0 radical (unpaired) electrons. The summed E-state index contributed by atoms with van der Waals surface area (Å²) >= 11 is 0. The molecule has 1 N–H and O–H groups in total. The van der Waals surface area contributed by atoms with E-state index in [1.54, 1.807) is 0 Å². The summed E-state index contributed by atoms with van der Waals surface area (Å²) in [5.74, 6) is -0.672. The number of hydrogen-bond acceptors (Lipinski definition) is 2. The van der Waals surface area contributed by atoms with Gasteiger partial charge in [-0.15, -0.1) is 0 Å². The Morgan fingerprint density at radius 3 is 2.58 bits per heavy atom. The Bertz CT molecular complexity index is 448. The summed E-state index contributed by atoms with van der Waals surface area (Å²) in [5.41, 5.74) is 1.42. The fraction of sp³-hybridized carbons (Fsp3) is 0.562. The van der Waals surface area contributed by atoms with E-state index in [9.17, 15) is 9.90 Å². The molecule has 3 heteroatoms. The van der Waals surface area contributed by atoms with E-state index in [1.165, 1.54) is 0 Å². The molecule has 0 saturated carbocycles. The number of nitrogens with zero attached hydrogens (tertiary/aromatic N) is 1. The van der Waals surface area contributed by atoms with Crippen LogP contribution in [0.25, 0.3) is 0 Å². The first-order valence-corrected chi connectivity index (χ1v) is 7.11. The molecule has 1 aromatic rings. The van der Waals surface area contributed by atoms with Gasteiger partial charge >= 0.3 is 5.97 Å². The van der Waals surface area contributed by atoms with Gasteiger partial charge in [-0.25, -0.2) is 0 Å². The van der Waals surface area contributed by atoms with Gasteiger partial charge in [-0.1, -0.05) is 36.8 Å². The third-order valence-electron chi connectivity index (χ3n) is 4.23. The van der Waals surface area contributed by atoms with Gasteiger partial charge in [0, 0.05) is 0 Å². The third-order valence-corrected chi connectivity index (χ3v) is 4.23. The number of aryl methyl sites for hydroxylation is 1. The van der Waals surface area contributed by atoms with E-state index in [0.717, 1.165) is 37.2 Å². The normalized spacial score (nSPS) is 19.3.